The lowest BCUT2D eigenvalue weighted by atomic mass is 10.1. The lowest BCUT2D eigenvalue weighted by Gasteiger charge is -2.14. The molecule has 0 radical (unpaired) electrons. The number of benzene rings is 1. The molecule has 1 N–H and O–H groups in total. The van der Waals surface area contributed by atoms with Gasteiger partial charge in [0.15, 0.2) is 0 Å². The third-order valence-corrected chi connectivity index (χ3v) is 2.49. The Morgan fingerprint density at radius 1 is 1.57 bits per heavy atom. The standard InChI is InChI=1S/C11H13BrN2/c1-8-3-4-10(12)7-11(8)14-9(2)5-6-13/h3-4,7,9,14H,5H2,1-2H3. The van der Waals surface area contributed by atoms with Gasteiger partial charge in [0.1, 0.15) is 0 Å². The highest BCUT2D eigenvalue weighted by atomic mass is 79.9. The molecule has 0 aromatic heterocycles. The molecule has 14 heavy (non-hydrogen) atoms. The van der Waals surface area contributed by atoms with E-state index >= 15 is 0 Å². The van der Waals surface area contributed by atoms with Crippen molar-refractivity contribution in [1.29, 1.82) is 5.26 Å². The molecule has 3 heteroatoms. The summed E-state index contributed by atoms with van der Waals surface area (Å²) in [5, 5.41) is 11.8. The lowest BCUT2D eigenvalue weighted by molar-refractivity contribution is 0.819. The summed E-state index contributed by atoms with van der Waals surface area (Å²) in [4.78, 5) is 0. The summed E-state index contributed by atoms with van der Waals surface area (Å²) >= 11 is 3.42. The van der Waals surface area contributed by atoms with Crippen molar-refractivity contribution >= 4 is 21.6 Å². The van der Waals surface area contributed by atoms with Crippen molar-refractivity contribution < 1.29 is 0 Å². The summed E-state index contributed by atoms with van der Waals surface area (Å²) in [5.74, 6) is 0. The van der Waals surface area contributed by atoms with Gasteiger partial charge in [0.25, 0.3) is 0 Å². The molecule has 74 valence electrons. The second-order valence-corrected chi connectivity index (χ2v) is 4.28. The Kier molecular flexibility index (Phi) is 3.97. The molecule has 0 saturated heterocycles. The second kappa shape index (κ2) is 5.02. The fourth-order valence-corrected chi connectivity index (χ4v) is 1.56. The molecule has 0 aliphatic carbocycles. The van der Waals surface area contributed by atoms with Crippen LogP contribution in [0.4, 0.5) is 5.69 Å². The molecule has 0 fully saturated rings. The number of nitriles is 1. The van der Waals surface area contributed by atoms with Gasteiger partial charge >= 0.3 is 0 Å². The minimum atomic E-state index is 0.188. The van der Waals surface area contributed by atoms with Crippen LogP contribution in [0.3, 0.4) is 0 Å². The lowest BCUT2D eigenvalue weighted by Crippen LogP contribution is -2.14. The molecule has 1 aromatic rings. The van der Waals surface area contributed by atoms with Crippen molar-refractivity contribution in [3.8, 4) is 6.07 Å². The number of nitrogens with zero attached hydrogens (tertiary/aromatic N) is 1. The molecule has 2 nitrogen and oxygen atoms in total. The first-order valence-electron chi connectivity index (χ1n) is 4.53. The average Bonchev–Trinajstić information content (AvgIpc) is 2.12. The molecule has 0 saturated carbocycles. The first-order valence-corrected chi connectivity index (χ1v) is 5.32. The van der Waals surface area contributed by atoms with Crippen LogP contribution >= 0.6 is 15.9 Å². The van der Waals surface area contributed by atoms with Gasteiger partial charge in [-0.25, -0.2) is 0 Å². The monoisotopic (exact) mass is 252 g/mol. The quantitative estimate of drug-likeness (QED) is 0.895. The third-order valence-electron chi connectivity index (χ3n) is 2.00. The fraction of sp³-hybridized carbons (Fsp3) is 0.364. The topological polar surface area (TPSA) is 35.8 Å². The number of nitrogens with one attached hydrogen (secondary N) is 1. The molecule has 1 rings (SSSR count). The van der Waals surface area contributed by atoms with Gasteiger partial charge in [0, 0.05) is 16.2 Å². The first kappa shape index (κ1) is 11.1. The maximum absolute atomic E-state index is 8.54. The van der Waals surface area contributed by atoms with Crippen molar-refractivity contribution in [3.63, 3.8) is 0 Å². The van der Waals surface area contributed by atoms with Crippen LogP contribution in [0.25, 0.3) is 0 Å². The SMILES string of the molecule is Cc1ccc(Br)cc1NC(C)CC#N. The normalized spacial score (nSPS) is 11.9. The average molecular weight is 253 g/mol. The van der Waals surface area contributed by atoms with Crippen molar-refractivity contribution in [3.05, 3.63) is 28.2 Å². The van der Waals surface area contributed by atoms with Gasteiger partial charge in [-0.2, -0.15) is 5.26 Å². The van der Waals surface area contributed by atoms with Crippen LogP contribution in [0.1, 0.15) is 18.9 Å². The molecule has 0 aliphatic rings. The largest absolute Gasteiger partial charge is 0.381 e. The van der Waals surface area contributed by atoms with Crippen LogP contribution in [0, 0.1) is 18.3 Å². The highest BCUT2D eigenvalue weighted by Gasteiger charge is 2.03. The van der Waals surface area contributed by atoms with E-state index in [4.69, 9.17) is 5.26 Å². The number of halogens is 1. The Morgan fingerprint density at radius 2 is 2.29 bits per heavy atom. The van der Waals surface area contributed by atoms with Gasteiger partial charge in [-0.15, -0.1) is 0 Å². The number of rotatable bonds is 3. The van der Waals surface area contributed by atoms with Crippen LogP contribution in [-0.4, -0.2) is 6.04 Å². The summed E-state index contributed by atoms with van der Waals surface area (Å²) in [6.07, 6.45) is 0.520. The van der Waals surface area contributed by atoms with Crippen LogP contribution in [0.5, 0.6) is 0 Å². The molecule has 0 bridgehead atoms. The molecule has 1 unspecified atom stereocenters. The number of anilines is 1. The van der Waals surface area contributed by atoms with Gasteiger partial charge < -0.3 is 5.32 Å². The molecule has 0 heterocycles. The van der Waals surface area contributed by atoms with E-state index in [0.717, 1.165) is 10.2 Å². The summed E-state index contributed by atoms with van der Waals surface area (Å²) in [7, 11) is 0. The highest BCUT2D eigenvalue weighted by Crippen LogP contribution is 2.21. The third kappa shape index (κ3) is 3.04. The maximum Gasteiger partial charge on any atom is 0.0643 e. The van der Waals surface area contributed by atoms with Gasteiger partial charge in [0.2, 0.25) is 0 Å². The van der Waals surface area contributed by atoms with Crippen molar-refractivity contribution in [2.24, 2.45) is 0 Å². The molecular formula is C11H13BrN2. The smallest absolute Gasteiger partial charge is 0.0643 e. The van der Waals surface area contributed by atoms with Crippen LogP contribution in [0.15, 0.2) is 22.7 Å². The predicted octanol–water partition coefficient (Wildman–Crippen LogP) is 3.47. The Morgan fingerprint density at radius 3 is 2.93 bits per heavy atom. The van der Waals surface area contributed by atoms with Crippen molar-refractivity contribution in [2.45, 2.75) is 26.3 Å². The van der Waals surface area contributed by atoms with Crippen LogP contribution in [-0.2, 0) is 0 Å². The predicted molar refractivity (Wildman–Crippen MR) is 62.2 cm³/mol. The van der Waals surface area contributed by atoms with Crippen LogP contribution in [0.2, 0.25) is 0 Å². The van der Waals surface area contributed by atoms with Gasteiger partial charge in [-0.3, -0.25) is 0 Å². The molecule has 1 atom stereocenters. The van der Waals surface area contributed by atoms with E-state index in [0.29, 0.717) is 6.42 Å². The van der Waals surface area contributed by atoms with E-state index in [1.807, 2.05) is 32.0 Å². The van der Waals surface area contributed by atoms with E-state index < -0.39 is 0 Å². The summed E-state index contributed by atoms with van der Waals surface area (Å²) < 4.78 is 1.05. The van der Waals surface area contributed by atoms with E-state index in [-0.39, 0.29) is 6.04 Å². The Bertz CT molecular complexity index is 355. The van der Waals surface area contributed by atoms with E-state index in [9.17, 15) is 0 Å². The minimum Gasteiger partial charge on any atom is -0.381 e. The van der Waals surface area contributed by atoms with E-state index in [1.54, 1.807) is 0 Å². The Hall–Kier alpha value is -1.01. The summed E-state index contributed by atoms with van der Waals surface area (Å²) in [6.45, 7) is 4.05. The summed E-state index contributed by atoms with van der Waals surface area (Å²) in [6, 6.07) is 8.42. The zero-order valence-electron chi connectivity index (χ0n) is 8.34. The Labute approximate surface area is 93.1 Å². The van der Waals surface area contributed by atoms with Gasteiger partial charge in [0.05, 0.1) is 12.5 Å². The second-order valence-electron chi connectivity index (χ2n) is 3.37. The minimum absolute atomic E-state index is 0.188. The Balaban J connectivity index is 2.76. The zero-order valence-corrected chi connectivity index (χ0v) is 9.93. The van der Waals surface area contributed by atoms with E-state index in [2.05, 4.69) is 27.3 Å². The number of aryl methyl sites for hydroxylation is 1. The summed E-state index contributed by atoms with van der Waals surface area (Å²) in [5.41, 5.74) is 2.28. The molecule has 0 amide bonds. The molecule has 0 spiro atoms. The highest BCUT2D eigenvalue weighted by molar-refractivity contribution is 9.10. The number of hydrogen-bond donors (Lipinski definition) is 1. The molecule has 1 aromatic carbocycles. The molecule has 0 aliphatic heterocycles. The zero-order chi connectivity index (χ0) is 10.6. The molecular weight excluding hydrogens is 240 g/mol. The van der Waals surface area contributed by atoms with Gasteiger partial charge in [-0.05, 0) is 31.5 Å². The van der Waals surface area contributed by atoms with Crippen molar-refractivity contribution in [1.82, 2.24) is 0 Å². The first-order chi connectivity index (χ1) is 6.63. The van der Waals surface area contributed by atoms with E-state index in [1.165, 1.54) is 5.56 Å². The van der Waals surface area contributed by atoms with Gasteiger partial charge in [-0.1, -0.05) is 22.0 Å². The number of hydrogen-bond acceptors (Lipinski definition) is 2. The van der Waals surface area contributed by atoms with Crippen molar-refractivity contribution in [2.75, 3.05) is 5.32 Å². The maximum atomic E-state index is 8.54. The fourth-order valence-electron chi connectivity index (χ4n) is 1.20. The van der Waals surface area contributed by atoms with Crippen LogP contribution < -0.4 is 5.32 Å².